The molecule has 0 fully saturated rings. The summed E-state index contributed by atoms with van der Waals surface area (Å²) in [4.78, 5) is 11.5. The number of esters is 1. The van der Waals surface area contributed by atoms with Crippen molar-refractivity contribution in [2.24, 2.45) is 0 Å². The minimum absolute atomic E-state index is 0.151. The minimum Gasteiger partial charge on any atom is -0.463 e. The molecule has 0 radical (unpaired) electrons. The van der Waals surface area contributed by atoms with Gasteiger partial charge in [-0.2, -0.15) is 0 Å². The van der Waals surface area contributed by atoms with E-state index >= 15 is 0 Å². The van der Waals surface area contributed by atoms with Crippen molar-refractivity contribution < 1.29 is 22.8 Å². The van der Waals surface area contributed by atoms with Gasteiger partial charge in [-0.15, -0.1) is 10.2 Å². The van der Waals surface area contributed by atoms with E-state index in [1.807, 2.05) is 0 Å². The van der Waals surface area contributed by atoms with Gasteiger partial charge in [0.25, 0.3) is 5.22 Å². The molecule has 0 saturated heterocycles. The lowest BCUT2D eigenvalue weighted by Crippen LogP contribution is -2.02. The Morgan fingerprint density at radius 2 is 2.04 bits per heavy atom. The SMILES string of the molecule is COC(=O)c1occc1CSc1nnc(-c2ccc(F)cc2)o1. The van der Waals surface area contributed by atoms with Crippen molar-refractivity contribution in [1.29, 1.82) is 0 Å². The van der Waals surface area contributed by atoms with Crippen LogP contribution >= 0.6 is 11.8 Å². The Bertz CT molecular complexity index is 813. The van der Waals surface area contributed by atoms with Gasteiger partial charge >= 0.3 is 5.97 Å². The summed E-state index contributed by atoms with van der Waals surface area (Å²) in [6, 6.07) is 7.43. The van der Waals surface area contributed by atoms with Gasteiger partial charge in [0.1, 0.15) is 5.82 Å². The lowest BCUT2D eigenvalue weighted by molar-refractivity contribution is 0.0564. The van der Waals surface area contributed by atoms with Crippen LogP contribution in [0.25, 0.3) is 11.5 Å². The quantitative estimate of drug-likeness (QED) is 0.521. The molecule has 0 aliphatic rings. The van der Waals surface area contributed by atoms with Crippen LogP contribution in [0.4, 0.5) is 4.39 Å². The van der Waals surface area contributed by atoms with Gasteiger partial charge in [0, 0.05) is 16.9 Å². The summed E-state index contributed by atoms with van der Waals surface area (Å²) in [7, 11) is 1.29. The number of carbonyl (C=O) groups excluding carboxylic acids is 1. The molecule has 0 N–H and O–H groups in total. The van der Waals surface area contributed by atoms with E-state index < -0.39 is 5.97 Å². The van der Waals surface area contributed by atoms with Gasteiger partial charge in [0.15, 0.2) is 0 Å². The molecule has 118 valence electrons. The molecule has 6 nitrogen and oxygen atoms in total. The van der Waals surface area contributed by atoms with Crippen molar-refractivity contribution in [1.82, 2.24) is 10.2 Å². The van der Waals surface area contributed by atoms with Crippen molar-refractivity contribution in [2.75, 3.05) is 7.11 Å². The summed E-state index contributed by atoms with van der Waals surface area (Å²) >= 11 is 1.26. The number of nitrogens with zero attached hydrogens (tertiary/aromatic N) is 2. The number of ether oxygens (including phenoxy) is 1. The maximum absolute atomic E-state index is 12.9. The molecule has 0 aliphatic carbocycles. The highest BCUT2D eigenvalue weighted by atomic mass is 32.2. The topological polar surface area (TPSA) is 78.4 Å². The largest absolute Gasteiger partial charge is 0.463 e. The smallest absolute Gasteiger partial charge is 0.374 e. The van der Waals surface area contributed by atoms with Gasteiger partial charge in [-0.3, -0.25) is 0 Å². The fourth-order valence-corrected chi connectivity index (χ4v) is 2.58. The lowest BCUT2D eigenvalue weighted by Gasteiger charge is -1.98. The molecule has 0 atom stereocenters. The zero-order valence-corrected chi connectivity index (χ0v) is 12.8. The van der Waals surface area contributed by atoms with Gasteiger partial charge in [0.05, 0.1) is 13.4 Å². The number of hydrogen-bond acceptors (Lipinski definition) is 7. The second-order valence-corrected chi connectivity index (χ2v) is 5.36. The van der Waals surface area contributed by atoms with Crippen molar-refractivity contribution in [2.45, 2.75) is 11.0 Å². The highest BCUT2D eigenvalue weighted by Crippen LogP contribution is 2.27. The summed E-state index contributed by atoms with van der Waals surface area (Å²) in [5, 5.41) is 8.16. The number of halogens is 1. The summed E-state index contributed by atoms with van der Waals surface area (Å²) in [5.41, 5.74) is 1.30. The van der Waals surface area contributed by atoms with Crippen molar-refractivity contribution >= 4 is 17.7 Å². The highest BCUT2D eigenvalue weighted by Gasteiger charge is 2.17. The van der Waals surface area contributed by atoms with Crippen molar-refractivity contribution in [3.05, 3.63) is 53.7 Å². The number of benzene rings is 1. The van der Waals surface area contributed by atoms with Crippen molar-refractivity contribution in [3.63, 3.8) is 0 Å². The van der Waals surface area contributed by atoms with Crippen LogP contribution in [0.5, 0.6) is 0 Å². The van der Waals surface area contributed by atoms with Gasteiger partial charge < -0.3 is 13.6 Å². The molecular weight excluding hydrogens is 323 g/mol. The standard InChI is InChI=1S/C15H11FN2O4S/c1-20-14(19)12-10(6-7-21-12)8-23-15-18-17-13(22-15)9-2-4-11(16)5-3-9/h2-7H,8H2,1H3. The molecule has 0 unspecified atom stereocenters. The Hall–Kier alpha value is -2.61. The first kappa shape index (κ1) is 15.3. The Kier molecular flexibility index (Phi) is 4.42. The molecule has 1 aromatic carbocycles. The number of hydrogen-bond donors (Lipinski definition) is 0. The number of thioether (sulfide) groups is 1. The summed E-state index contributed by atoms with van der Waals surface area (Å²) in [6.07, 6.45) is 1.42. The van der Waals surface area contributed by atoms with E-state index in [9.17, 15) is 9.18 Å². The van der Waals surface area contributed by atoms with E-state index in [-0.39, 0.29) is 11.6 Å². The van der Waals surface area contributed by atoms with Crippen LogP contribution in [0.3, 0.4) is 0 Å². The third-order valence-corrected chi connectivity index (χ3v) is 3.83. The Labute approximate surface area is 134 Å². The molecule has 0 spiro atoms. The molecule has 0 saturated carbocycles. The van der Waals surface area contributed by atoms with E-state index in [2.05, 4.69) is 14.9 Å². The summed E-state index contributed by atoms with van der Waals surface area (Å²) in [5.74, 6) is -0.0149. The zero-order valence-electron chi connectivity index (χ0n) is 12.0. The molecule has 0 bridgehead atoms. The second kappa shape index (κ2) is 6.66. The number of furan rings is 1. The van der Waals surface area contributed by atoms with Gasteiger partial charge in [-0.05, 0) is 30.3 Å². The van der Waals surface area contributed by atoms with Crippen LogP contribution in [-0.4, -0.2) is 23.3 Å². The molecule has 0 aliphatic heterocycles. The number of methoxy groups -OCH3 is 1. The first-order chi connectivity index (χ1) is 11.2. The monoisotopic (exact) mass is 334 g/mol. The van der Waals surface area contributed by atoms with Crippen molar-refractivity contribution in [3.8, 4) is 11.5 Å². The van der Waals surface area contributed by atoms with Crippen LogP contribution in [0.2, 0.25) is 0 Å². The van der Waals surface area contributed by atoms with Gasteiger partial charge in [-0.1, -0.05) is 11.8 Å². The number of carbonyl (C=O) groups is 1. The zero-order chi connectivity index (χ0) is 16.2. The van der Waals surface area contributed by atoms with Gasteiger partial charge in [0.2, 0.25) is 11.7 Å². The molecule has 8 heteroatoms. The molecule has 3 aromatic rings. The third-order valence-electron chi connectivity index (χ3n) is 2.97. The number of aromatic nitrogens is 2. The molecule has 2 heterocycles. The third kappa shape index (κ3) is 3.42. The molecule has 0 amide bonds. The number of rotatable bonds is 5. The van der Waals surface area contributed by atoms with Crippen LogP contribution < -0.4 is 0 Å². The van der Waals surface area contributed by atoms with E-state index in [1.54, 1.807) is 18.2 Å². The van der Waals surface area contributed by atoms with E-state index in [0.717, 1.165) is 0 Å². The van der Waals surface area contributed by atoms with E-state index in [4.69, 9.17) is 8.83 Å². The summed E-state index contributed by atoms with van der Waals surface area (Å²) < 4.78 is 28.1. The van der Waals surface area contributed by atoms with Crippen LogP contribution in [0, 0.1) is 5.82 Å². The average molecular weight is 334 g/mol. The lowest BCUT2D eigenvalue weighted by atomic mass is 10.2. The highest BCUT2D eigenvalue weighted by molar-refractivity contribution is 7.98. The predicted molar refractivity (Wildman–Crippen MR) is 79.3 cm³/mol. The van der Waals surface area contributed by atoms with E-state index in [0.29, 0.717) is 28.0 Å². The second-order valence-electron chi connectivity index (χ2n) is 4.44. The first-order valence-corrected chi connectivity index (χ1v) is 7.53. The molecule has 3 rings (SSSR count). The fraction of sp³-hybridized carbons (Fsp3) is 0.133. The maximum Gasteiger partial charge on any atom is 0.374 e. The van der Waals surface area contributed by atoms with Crippen LogP contribution in [0.15, 0.2) is 50.7 Å². The Morgan fingerprint density at radius 1 is 1.26 bits per heavy atom. The maximum atomic E-state index is 12.9. The molecular formula is C15H11FN2O4S. The average Bonchev–Trinajstić information content (AvgIpc) is 3.22. The summed E-state index contributed by atoms with van der Waals surface area (Å²) in [6.45, 7) is 0. The Balaban J connectivity index is 1.69. The molecule has 23 heavy (non-hydrogen) atoms. The van der Waals surface area contributed by atoms with E-state index in [1.165, 1.54) is 37.3 Å². The van der Waals surface area contributed by atoms with Crippen LogP contribution in [-0.2, 0) is 10.5 Å². The first-order valence-electron chi connectivity index (χ1n) is 6.54. The Morgan fingerprint density at radius 3 is 2.78 bits per heavy atom. The normalized spacial score (nSPS) is 10.7. The minimum atomic E-state index is -0.539. The molecule has 2 aromatic heterocycles. The predicted octanol–water partition coefficient (Wildman–Crippen LogP) is 3.55. The van der Waals surface area contributed by atoms with Crippen LogP contribution in [0.1, 0.15) is 16.1 Å². The van der Waals surface area contributed by atoms with Gasteiger partial charge in [-0.25, -0.2) is 9.18 Å². The fourth-order valence-electron chi connectivity index (χ4n) is 1.84.